The van der Waals surface area contributed by atoms with Crippen molar-refractivity contribution in [3.8, 4) is 5.75 Å². The molecule has 0 fully saturated rings. The number of hydrogen-bond donors (Lipinski definition) is 3. The molecule has 0 aliphatic heterocycles. The van der Waals surface area contributed by atoms with Gasteiger partial charge in [-0.2, -0.15) is 0 Å². The second-order valence-corrected chi connectivity index (χ2v) is 6.04. The molecule has 0 spiro atoms. The molecule has 0 bridgehead atoms. The maximum atomic E-state index is 12.3. The topological polar surface area (TPSA) is 111 Å². The first-order chi connectivity index (χ1) is 12.4. The van der Waals surface area contributed by atoms with Crippen molar-refractivity contribution >= 4 is 17.5 Å². The van der Waals surface area contributed by atoms with E-state index < -0.39 is 5.91 Å². The molecule has 7 nitrogen and oxygen atoms in total. The van der Waals surface area contributed by atoms with Crippen LogP contribution in [-0.4, -0.2) is 36.5 Å². The summed E-state index contributed by atoms with van der Waals surface area (Å²) in [5.41, 5.74) is 7.42. The summed E-state index contributed by atoms with van der Waals surface area (Å²) in [6, 6.07) is 14.1. The van der Waals surface area contributed by atoms with Crippen molar-refractivity contribution in [2.75, 3.05) is 19.4 Å². The molecule has 0 saturated heterocycles. The van der Waals surface area contributed by atoms with Crippen molar-refractivity contribution in [1.82, 2.24) is 10.3 Å². The molecule has 0 aromatic heterocycles. The fraction of sp³-hybridized carbons (Fsp3) is 0.263. The standard InChI is InChI=1S/C19H24N4O3/c1-13(11-14-7-9-15(26-2)10-8-14)22-18(24)12-23(21)19(25)16-5-3-4-6-17(16)20/h3-10,13H,11-12,20-21H2,1-2H3,(H,22,24). The Bertz CT molecular complexity index is 762. The Labute approximate surface area is 152 Å². The summed E-state index contributed by atoms with van der Waals surface area (Å²) in [5, 5.41) is 3.70. The van der Waals surface area contributed by atoms with Gasteiger partial charge in [0.15, 0.2) is 0 Å². The molecule has 1 unspecified atom stereocenters. The highest BCUT2D eigenvalue weighted by atomic mass is 16.5. The maximum Gasteiger partial charge on any atom is 0.270 e. The smallest absolute Gasteiger partial charge is 0.270 e. The predicted octanol–water partition coefficient (Wildman–Crippen LogP) is 1.34. The summed E-state index contributed by atoms with van der Waals surface area (Å²) in [6.45, 7) is 1.64. The van der Waals surface area contributed by atoms with Crippen LogP contribution in [0.5, 0.6) is 5.75 Å². The highest BCUT2D eigenvalue weighted by Crippen LogP contribution is 2.13. The van der Waals surface area contributed by atoms with Crippen LogP contribution in [0.15, 0.2) is 48.5 Å². The molecule has 138 valence electrons. The minimum atomic E-state index is -0.499. The van der Waals surface area contributed by atoms with Gasteiger partial charge in [0.05, 0.1) is 12.7 Å². The zero-order valence-corrected chi connectivity index (χ0v) is 14.9. The SMILES string of the molecule is COc1ccc(CC(C)NC(=O)CN(N)C(=O)c2ccccc2N)cc1. The van der Waals surface area contributed by atoms with Gasteiger partial charge in [0, 0.05) is 11.7 Å². The number of anilines is 1. The minimum absolute atomic E-state index is 0.110. The van der Waals surface area contributed by atoms with Crippen molar-refractivity contribution < 1.29 is 14.3 Å². The normalized spacial score (nSPS) is 11.5. The number of carbonyl (C=O) groups excluding carboxylic acids is 2. The molecule has 7 heteroatoms. The Balaban J connectivity index is 1.86. The van der Waals surface area contributed by atoms with Crippen LogP contribution >= 0.6 is 0 Å². The number of methoxy groups -OCH3 is 1. The van der Waals surface area contributed by atoms with Crippen LogP contribution in [-0.2, 0) is 11.2 Å². The van der Waals surface area contributed by atoms with E-state index in [-0.39, 0.29) is 24.1 Å². The van der Waals surface area contributed by atoms with Crippen LogP contribution in [0.4, 0.5) is 5.69 Å². The summed E-state index contributed by atoms with van der Waals surface area (Å²) in [5.74, 6) is 5.68. The van der Waals surface area contributed by atoms with Gasteiger partial charge in [-0.25, -0.2) is 5.84 Å². The lowest BCUT2D eigenvalue weighted by molar-refractivity contribution is -0.122. The van der Waals surface area contributed by atoms with Crippen LogP contribution in [0.3, 0.4) is 0 Å². The number of amides is 2. The summed E-state index contributed by atoms with van der Waals surface area (Å²) in [4.78, 5) is 24.4. The molecular formula is C19H24N4O3. The van der Waals surface area contributed by atoms with Crippen molar-refractivity contribution in [2.24, 2.45) is 5.84 Å². The van der Waals surface area contributed by atoms with Gasteiger partial charge < -0.3 is 15.8 Å². The van der Waals surface area contributed by atoms with E-state index in [0.717, 1.165) is 16.3 Å². The first-order valence-corrected chi connectivity index (χ1v) is 8.24. The largest absolute Gasteiger partial charge is 0.497 e. The molecule has 2 amide bonds. The number of nitrogens with two attached hydrogens (primary N) is 2. The summed E-state index contributed by atoms with van der Waals surface area (Å²) < 4.78 is 5.12. The van der Waals surface area contributed by atoms with Gasteiger partial charge in [-0.3, -0.25) is 14.6 Å². The number of nitrogens with one attached hydrogen (secondary N) is 1. The monoisotopic (exact) mass is 356 g/mol. The lowest BCUT2D eigenvalue weighted by Gasteiger charge is -2.19. The van der Waals surface area contributed by atoms with E-state index in [1.54, 1.807) is 31.4 Å². The number of hydrazine groups is 1. The number of nitrogens with zero attached hydrogens (tertiary/aromatic N) is 1. The van der Waals surface area contributed by atoms with E-state index in [4.69, 9.17) is 16.3 Å². The Kier molecular flexibility index (Phi) is 6.57. The highest BCUT2D eigenvalue weighted by Gasteiger charge is 2.18. The third-order valence-corrected chi connectivity index (χ3v) is 3.87. The van der Waals surface area contributed by atoms with Gasteiger partial charge in [-0.05, 0) is 43.2 Å². The summed E-state index contributed by atoms with van der Waals surface area (Å²) in [7, 11) is 1.61. The Morgan fingerprint density at radius 2 is 1.81 bits per heavy atom. The molecule has 0 aliphatic carbocycles. The Hall–Kier alpha value is -3.06. The molecule has 2 aromatic carbocycles. The molecular weight excluding hydrogens is 332 g/mol. The predicted molar refractivity (Wildman–Crippen MR) is 100 cm³/mol. The van der Waals surface area contributed by atoms with Gasteiger partial charge in [-0.1, -0.05) is 24.3 Å². The van der Waals surface area contributed by atoms with Crippen molar-refractivity contribution in [3.05, 3.63) is 59.7 Å². The second kappa shape index (κ2) is 8.87. The Morgan fingerprint density at radius 1 is 1.15 bits per heavy atom. The Morgan fingerprint density at radius 3 is 2.42 bits per heavy atom. The van der Waals surface area contributed by atoms with Gasteiger partial charge in [0.25, 0.3) is 5.91 Å². The fourth-order valence-electron chi connectivity index (χ4n) is 2.56. The van der Waals surface area contributed by atoms with Gasteiger partial charge in [0.1, 0.15) is 12.3 Å². The quantitative estimate of drug-likeness (QED) is 0.300. The molecule has 0 aliphatic rings. The first kappa shape index (κ1) is 19.3. The molecule has 26 heavy (non-hydrogen) atoms. The molecule has 2 rings (SSSR count). The van der Waals surface area contributed by atoms with Crippen LogP contribution in [0, 0.1) is 0 Å². The number of benzene rings is 2. The maximum absolute atomic E-state index is 12.3. The first-order valence-electron chi connectivity index (χ1n) is 8.24. The summed E-state index contributed by atoms with van der Waals surface area (Å²) >= 11 is 0. The zero-order chi connectivity index (χ0) is 19.1. The van der Waals surface area contributed by atoms with E-state index in [0.29, 0.717) is 12.1 Å². The lowest BCUT2D eigenvalue weighted by atomic mass is 10.1. The van der Waals surface area contributed by atoms with Gasteiger partial charge in [0.2, 0.25) is 5.91 Å². The summed E-state index contributed by atoms with van der Waals surface area (Å²) in [6.07, 6.45) is 0.653. The zero-order valence-electron chi connectivity index (χ0n) is 14.9. The van der Waals surface area contributed by atoms with Crippen molar-refractivity contribution in [2.45, 2.75) is 19.4 Å². The number of ether oxygens (including phenoxy) is 1. The van der Waals surface area contributed by atoms with Crippen molar-refractivity contribution in [1.29, 1.82) is 0 Å². The van der Waals surface area contributed by atoms with Crippen LogP contribution in [0.25, 0.3) is 0 Å². The third-order valence-electron chi connectivity index (χ3n) is 3.87. The second-order valence-electron chi connectivity index (χ2n) is 6.04. The average molecular weight is 356 g/mol. The minimum Gasteiger partial charge on any atom is -0.497 e. The molecule has 1 atom stereocenters. The molecule has 5 N–H and O–H groups in total. The van der Waals surface area contributed by atoms with Gasteiger partial charge in [-0.15, -0.1) is 0 Å². The number of para-hydroxylation sites is 1. The molecule has 0 saturated carbocycles. The van der Waals surface area contributed by atoms with Crippen LogP contribution in [0.1, 0.15) is 22.8 Å². The van der Waals surface area contributed by atoms with E-state index in [2.05, 4.69) is 5.32 Å². The number of rotatable bonds is 7. The van der Waals surface area contributed by atoms with Crippen LogP contribution in [0.2, 0.25) is 0 Å². The van der Waals surface area contributed by atoms with E-state index in [9.17, 15) is 9.59 Å². The fourth-order valence-corrected chi connectivity index (χ4v) is 2.56. The average Bonchev–Trinajstić information content (AvgIpc) is 2.61. The number of nitrogen functional groups attached to an aromatic ring is 1. The third kappa shape index (κ3) is 5.22. The highest BCUT2D eigenvalue weighted by molar-refractivity contribution is 6.00. The van der Waals surface area contributed by atoms with Crippen LogP contribution < -0.4 is 21.6 Å². The van der Waals surface area contributed by atoms with E-state index >= 15 is 0 Å². The van der Waals surface area contributed by atoms with E-state index in [1.807, 2.05) is 31.2 Å². The molecule has 0 heterocycles. The number of carbonyl (C=O) groups is 2. The lowest BCUT2D eigenvalue weighted by Crippen LogP contribution is -2.47. The van der Waals surface area contributed by atoms with Crippen molar-refractivity contribution in [3.63, 3.8) is 0 Å². The molecule has 0 radical (unpaired) electrons. The number of hydrogen-bond acceptors (Lipinski definition) is 5. The molecule has 2 aromatic rings. The van der Waals surface area contributed by atoms with Gasteiger partial charge >= 0.3 is 0 Å². The van der Waals surface area contributed by atoms with E-state index in [1.165, 1.54) is 0 Å².